The molecule has 2 heterocycles. The van der Waals surface area contributed by atoms with Gasteiger partial charge in [-0.15, -0.1) is 0 Å². The van der Waals surface area contributed by atoms with Gasteiger partial charge in [-0.25, -0.2) is 0 Å². The molecule has 152 valence electrons. The summed E-state index contributed by atoms with van der Waals surface area (Å²) < 4.78 is 7.78. The Balaban J connectivity index is 1.73. The quantitative estimate of drug-likeness (QED) is 0.613. The van der Waals surface area contributed by atoms with Gasteiger partial charge in [-0.3, -0.25) is 9.89 Å². The first kappa shape index (κ1) is 20.2. The number of guanidine groups is 1. The van der Waals surface area contributed by atoms with Crippen molar-refractivity contribution in [3.05, 3.63) is 24.0 Å². The Labute approximate surface area is 164 Å². The van der Waals surface area contributed by atoms with Crippen LogP contribution in [0.25, 0.3) is 0 Å². The Hall–Kier alpha value is -1.53. The van der Waals surface area contributed by atoms with Gasteiger partial charge in [0.1, 0.15) is 0 Å². The average Bonchev–Trinajstić information content (AvgIpc) is 3.11. The van der Waals surface area contributed by atoms with Gasteiger partial charge in [-0.2, -0.15) is 0 Å². The van der Waals surface area contributed by atoms with E-state index in [9.17, 15) is 0 Å². The second-order valence-corrected chi connectivity index (χ2v) is 8.02. The fourth-order valence-electron chi connectivity index (χ4n) is 4.49. The minimum atomic E-state index is 0.217. The zero-order valence-corrected chi connectivity index (χ0v) is 17.4. The summed E-state index contributed by atoms with van der Waals surface area (Å²) in [4.78, 5) is 10.0. The van der Waals surface area contributed by atoms with Crippen LogP contribution in [0.3, 0.4) is 0 Å². The summed E-state index contributed by atoms with van der Waals surface area (Å²) in [5, 5.41) is 3.50. The Bertz CT molecular complexity index is 599. The van der Waals surface area contributed by atoms with Gasteiger partial charge in [-0.1, -0.05) is 19.3 Å². The van der Waals surface area contributed by atoms with Gasteiger partial charge in [0.05, 0.1) is 26.3 Å². The van der Waals surface area contributed by atoms with Crippen LogP contribution < -0.4 is 5.32 Å². The van der Waals surface area contributed by atoms with Crippen LogP contribution in [0, 0.1) is 0 Å². The molecule has 1 aliphatic carbocycles. The monoisotopic (exact) mass is 375 g/mol. The molecule has 3 rings (SSSR count). The SMILES string of the molecule is CCNC(=NCC1(N2CCOCC2)CCCCC1)N(C)Cc1cccn1C. The largest absolute Gasteiger partial charge is 0.379 e. The molecule has 1 aromatic rings. The number of aryl methyl sites for hydroxylation is 1. The Kier molecular flexibility index (Phi) is 7.19. The minimum absolute atomic E-state index is 0.217. The zero-order chi connectivity index (χ0) is 19.1. The summed E-state index contributed by atoms with van der Waals surface area (Å²) >= 11 is 0. The molecule has 0 bridgehead atoms. The molecular formula is C21H37N5O. The normalized spacial score (nSPS) is 21.2. The third-order valence-corrected chi connectivity index (χ3v) is 6.14. The van der Waals surface area contributed by atoms with Gasteiger partial charge >= 0.3 is 0 Å². The highest BCUT2D eigenvalue weighted by Crippen LogP contribution is 2.34. The van der Waals surface area contributed by atoms with Crippen LogP contribution in [0.1, 0.15) is 44.7 Å². The first-order chi connectivity index (χ1) is 13.1. The van der Waals surface area contributed by atoms with E-state index >= 15 is 0 Å². The molecule has 1 saturated carbocycles. The zero-order valence-electron chi connectivity index (χ0n) is 17.4. The van der Waals surface area contributed by atoms with E-state index in [1.54, 1.807) is 0 Å². The summed E-state index contributed by atoms with van der Waals surface area (Å²) in [5.41, 5.74) is 1.51. The van der Waals surface area contributed by atoms with Crippen LogP contribution in [0.15, 0.2) is 23.3 Å². The standard InChI is InChI=1S/C21H37N5O/c1-4-22-20(25(3)17-19-9-8-12-24(19)2)23-18-21(10-6-5-7-11-21)26-13-15-27-16-14-26/h8-9,12H,4-7,10-11,13-18H2,1-3H3,(H,22,23). The molecule has 0 aromatic carbocycles. The second-order valence-electron chi connectivity index (χ2n) is 8.02. The summed E-state index contributed by atoms with van der Waals surface area (Å²) in [6.45, 7) is 8.59. The number of aliphatic imine (C=N–C) groups is 1. The first-order valence-electron chi connectivity index (χ1n) is 10.6. The van der Waals surface area contributed by atoms with Crippen LogP contribution in [-0.4, -0.2) is 72.3 Å². The highest BCUT2D eigenvalue weighted by atomic mass is 16.5. The van der Waals surface area contributed by atoms with E-state index < -0.39 is 0 Å². The average molecular weight is 376 g/mol. The molecule has 0 atom stereocenters. The van der Waals surface area contributed by atoms with E-state index in [-0.39, 0.29) is 5.54 Å². The molecule has 0 radical (unpaired) electrons. The number of morpholine rings is 1. The van der Waals surface area contributed by atoms with E-state index in [1.807, 2.05) is 0 Å². The maximum atomic E-state index is 5.61. The topological polar surface area (TPSA) is 45.0 Å². The van der Waals surface area contributed by atoms with Crippen LogP contribution in [0.4, 0.5) is 0 Å². The van der Waals surface area contributed by atoms with Crippen molar-refractivity contribution in [2.75, 3.05) is 46.4 Å². The lowest BCUT2D eigenvalue weighted by atomic mass is 9.80. The summed E-state index contributed by atoms with van der Waals surface area (Å²) in [6, 6.07) is 4.28. The smallest absolute Gasteiger partial charge is 0.194 e. The summed E-state index contributed by atoms with van der Waals surface area (Å²) in [7, 11) is 4.24. The maximum absolute atomic E-state index is 5.61. The van der Waals surface area contributed by atoms with Gasteiger partial charge in [0, 0.05) is 51.2 Å². The molecule has 0 unspecified atom stereocenters. The van der Waals surface area contributed by atoms with E-state index in [0.29, 0.717) is 0 Å². The predicted molar refractivity (Wildman–Crippen MR) is 111 cm³/mol. The van der Waals surface area contributed by atoms with Gasteiger partial charge in [0.2, 0.25) is 0 Å². The summed E-state index contributed by atoms with van der Waals surface area (Å²) in [6.07, 6.45) is 8.63. The molecule has 0 spiro atoms. The van der Waals surface area contributed by atoms with Crippen LogP contribution in [0.2, 0.25) is 0 Å². The third-order valence-electron chi connectivity index (χ3n) is 6.14. The van der Waals surface area contributed by atoms with Crippen LogP contribution in [-0.2, 0) is 18.3 Å². The van der Waals surface area contributed by atoms with Crippen molar-refractivity contribution in [2.45, 2.75) is 51.1 Å². The lowest BCUT2D eigenvalue weighted by molar-refractivity contribution is -0.0334. The fraction of sp³-hybridized carbons (Fsp3) is 0.762. The molecule has 0 amide bonds. The third kappa shape index (κ3) is 5.05. The molecule has 1 saturated heterocycles. The van der Waals surface area contributed by atoms with E-state index in [0.717, 1.165) is 51.9 Å². The molecule has 2 fully saturated rings. The van der Waals surface area contributed by atoms with Gasteiger partial charge in [0.25, 0.3) is 0 Å². The Morgan fingerprint density at radius 1 is 1.26 bits per heavy atom. The highest BCUT2D eigenvalue weighted by Gasteiger charge is 2.38. The van der Waals surface area contributed by atoms with E-state index in [2.05, 4.69) is 59.0 Å². The van der Waals surface area contributed by atoms with Gasteiger partial charge in [-0.05, 0) is 31.9 Å². The van der Waals surface area contributed by atoms with Crippen molar-refractivity contribution in [1.82, 2.24) is 19.7 Å². The Morgan fingerprint density at radius 3 is 2.63 bits per heavy atom. The highest BCUT2D eigenvalue weighted by molar-refractivity contribution is 5.79. The number of aromatic nitrogens is 1. The lowest BCUT2D eigenvalue weighted by Gasteiger charge is -2.47. The number of nitrogens with one attached hydrogen (secondary N) is 1. The lowest BCUT2D eigenvalue weighted by Crippen LogP contribution is -2.56. The molecule has 6 heteroatoms. The molecule has 1 aromatic heterocycles. The number of rotatable bonds is 6. The van der Waals surface area contributed by atoms with Crippen LogP contribution in [0.5, 0.6) is 0 Å². The summed E-state index contributed by atoms with van der Waals surface area (Å²) in [5.74, 6) is 1.01. The van der Waals surface area contributed by atoms with Crippen molar-refractivity contribution in [3.63, 3.8) is 0 Å². The molecule has 1 aliphatic heterocycles. The second kappa shape index (κ2) is 9.60. The Morgan fingerprint density at radius 2 is 2.00 bits per heavy atom. The molecule has 27 heavy (non-hydrogen) atoms. The van der Waals surface area contributed by atoms with E-state index in [4.69, 9.17) is 9.73 Å². The number of ether oxygens (including phenoxy) is 1. The van der Waals surface area contributed by atoms with Crippen molar-refractivity contribution in [1.29, 1.82) is 0 Å². The molecule has 6 nitrogen and oxygen atoms in total. The maximum Gasteiger partial charge on any atom is 0.194 e. The number of nitrogens with zero attached hydrogens (tertiary/aromatic N) is 4. The number of hydrogen-bond donors (Lipinski definition) is 1. The van der Waals surface area contributed by atoms with Crippen molar-refractivity contribution in [3.8, 4) is 0 Å². The van der Waals surface area contributed by atoms with Gasteiger partial charge < -0.3 is 19.5 Å². The van der Waals surface area contributed by atoms with E-state index in [1.165, 1.54) is 37.8 Å². The molecule has 2 aliphatic rings. The molecule has 1 N–H and O–H groups in total. The fourth-order valence-corrected chi connectivity index (χ4v) is 4.49. The minimum Gasteiger partial charge on any atom is -0.379 e. The first-order valence-corrected chi connectivity index (χ1v) is 10.6. The van der Waals surface area contributed by atoms with Crippen molar-refractivity contribution in [2.24, 2.45) is 12.0 Å². The van der Waals surface area contributed by atoms with Crippen LogP contribution >= 0.6 is 0 Å². The van der Waals surface area contributed by atoms with Gasteiger partial charge in [0.15, 0.2) is 5.96 Å². The van der Waals surface area contributed by atoms with Crippen molar-refractivity contribution < 1.29 is 4.74 Å². The molecular weight excluding hydrogens is 338 g/mol. The van der Waals surface area contributed by atoms with Crippen molar-refractivity contribution >= 4 is 5.96 Å². The predicted octanol–water partition coefficient (Wildman–Crippen LogP) is 2.46. The number of hydrogen-bond acceptors (Lipinski definition) is 3.